The Bertz CT molecular complexity index is 583. The molecule has 0 fully saturated rings. The lowest BCUT2D eigenvalue weighted by atomic mass is 10.2. The third-order valence-electron chi connectivity index (χ3n) is 3.09. The molecule has 3 nitrogen and oxygen atoms in total. The molecule has 1 aromatic heterocycles. The zero-order chi connectivity index (χ0) is 14.7. The SMILES string of the molecule is CSCC(C)n1c(CCl)nc2c(OC(C)C)cccc21. The number of halogens is 1. The molecule has 0 aliphatic heterocycles. The molecule has 0 bridgehead atoms. The third kappa shape index (κ3) is 3.07. The Morgan fingerprint density at radius 3 is 2.70 bits per heavy atom. The van der Waals surface area contributed by atoms with Crippen LogP contribution in [-0.2, 0) is 5.88 Å². The monoisotopic (exact) mass is 312 g/mol. The summed E-state index contributed by atoms with van der Waals surface area (Å²) < 4.78 is 8.08. The van der Waals surface area contributed by atoms with E-state index in [2.05, 4.69) is 28.8 Å². The molecule has 2 rings (SSSR count). The van der Waals surface area contributed by atoms with Gasteiger partial charge in [-0.25, -0.2) is 4.98 Å². The fourth-order valence-corrected chi connectivity index (χ4v) is 3.21. The van der Waals surface area contributed by atoms with E-state index < -0.39 is 0 Å². The first-order chi connectivity index (χ1) is 9.58. The second kappa shape index (κ2) is 6.72. The quantitative estimate of drug-likeness (QED) is 0.736. The van der Waals surface area contributed by atoms with Gasteiger partial charge in [-0.2, -0.15) is 11.8 Å². The number of para-hydroxylation sites is 1. The van der Waals surface area contributed by atoms with E-state index in [4.69, 9.17) is 16.3 Å². The molecule has 0 radical (unpaired) electrons. The highest BCUT2D eigenvalue weighted by atomic mass is 35.5. The van der Waals surface area contributed by atoms with Gasteiger partial charge in [-0.05, 0) is 39.2 Å². The molecular weight excluding hydrogens is 292 g/mol. The molecular formula is C15H21ClN2OS. The van der Waals surface area contributed by atoms with Crippen LogP contribution in [-0.4, -0.2) is 27.7 Å². The predicted molar refractivity (Wildman–Crippen MR) is 88.1 cm³/mol. The molecule has 0 aliphatic carbocycles. The zero-order valence-electron chi connectivity index (χ0n) is 12.4. The summed E-state index contributed by atoms with van der Waals surface area (Å²) in [6, 6.07) is 6.43. The van der Waals surface area contributed by atoms with Crippen LogP contribution in [0.3, 0.4) is 0 Å². The number of benzene rings is 1. The molecule has 0 amide bonds. The number of rotatable bonds is 6. The Morgan fingerprint density at radius 2 is 2.10 bits per heavy atom. The Labute approximate surface area is 129 Å². The summed E-state index contributed by atoms with van der Waals surface area (Å²) >= 11 is 7.90. The highest BCUT2D eigenvalue weighted by Crippen LogP contribution is 2.30. The largest absolute Gasteiger partial charge is 0.489 e. The molecule has 0 N–H and O–H groups in total. The van der Waals surface area contributed by atoms with Crippen molar-refractivity contribution in [2.24, 2.45) is 0 Å². The average molecular weight is 313 g/mol. The summed E-state index contributed by atoms with van der Waals surface area (Å²) in [6.07, 6.45) is 2.25. The highest BCUT2D eigenvalue weighted by Gasteiger charge is 2.17. The maximum Gasteiger partial charge on any atom is 0.147 e. The molecule has 0 spiro atoms. The van der Waals surface area contributed by atoms with Crippen LogP contribution >= 0.6 is 23.4 Å². The number of imidazole rings is 1. The van der Waals surface area contributed by atoms with Crippen LogP contribution in [0, 0.1) is 0 Å². The molecule has 1 unspecified atom stereocenters. The summed E-state index contributed by atoms with van der Waals surface area (Å²) in [5, 5.41) is 0. The van der Waals surface area contributed by atoms with Crippen molar-refractivity contribution in [1.29, 1.82) is 0 Å². The van der Waals surface area contributed by atoms with E-state index in [1.165, 1.54) is 0 Å². The summed E-state index contributed by atoms with van der Waals surface area (Å²) in [7, 11) is 0. The van der Waals surface area contributed by atoms with Crippen LogP contribution < -0.4 is 4.74 Å². The topological polar surface area (TPSA) is 27.1 Å². The number of aromatic nitrogens is 2. The van der Waals surface area contributed by atoms with Crippen molar-refractivity contribution in [2.45, 2.75) is 38.8 Å². The van der Waals surface area contributed by atoms with E-state index in [0.717, 1.165) is 28.4 Å². The Morgan fingerprint density at radius 1 is 1.35 bits per heavy atom. The Kier molecular flexibility index (Phi) is 5.22. The average Bonchev–Trinajstić information content (AvgIpc) is 2.78. The number of fused-ring (bicyclic) bond motifs is 1. The summed E-state index contributed by atoms with van der Waals surface area (Å²) in [5.41, 5.74) is 2.00. The van der Waals surface area contributed by atoms with Gasteiger partial charge in [0.2, 0.25) is 0 Å². The van der Waals surface area contributed by atoms with Crippen molar-refractivity contribution in [3.05, 3.63) is 24.0 Å². The van der Waals surface area contributed by atoms with Crippen LogP contribution in [0.15, 0.2) is 18.2 Å². The number of hydrogen-bond acceptors (Lipinski definition) is 3. The van der Waals surface area contributed by atoms with Gasteiger partial charge in [-0.15, -0.1) is 11.6 Å². The van der Waals surface area contributed by atoms with Gasteiger partial charge in [0.25, 0.3) is 0 Å². The van der Waals surface area contributed by atoms with Gasteiger partial charge in [-0.3, -0.25) is 0 Å². The van der Waals surface area contributed by atoms with E-state index >= 15 is 0 Å². The molecule has 1 aromatic carbocycles. The lowest BCUT2D eigenvalue weighted by Crippen LogP contribution is -2.10. The lowest BCUT2D eigenvalue weighted by Gasteiger charge is -2.16. The van der Waals surface area contributed by atoms with Gasteiger partial charge in [0.15, 0.2) is 0 Å². The number of ether oxygens (including phenoxy) is 1. The molecule has 1 heterocycles. The number of alkyl halides is 1. The fraction of sp³-hybridized carbons (Fsp3) is 0.533. The fourth-order valence-electron chi connectivity index (χ4n) is 2.39. The van der Waals surface area contributed by atoms with Gasteiger partial charge < -0.3 is 9.30 Å². The third-order valence-corrected chi connectivity index (χ3v) is 4.14. The molecule has 0 saturated heterocycles. The minimum absolute atomic E-state index is 0.133. The lowest BCUT2D eigenvalue weighted by molar-refractivity contribution is 0.245. The van der Waals surface area contributed by atoms with Crippen LogP contribution in [0.5, 0.6) is 5.75 Å². The van der Waals surface area contributed by atoms with Gasteiger partial charge in [0.1, 0.15) is 17.1 Å². The van der Waals surface area contributed by atoms with Crippen molar-refractivity contribution in [3.8, 4) is 5.75 Å². The van der Waals surface area contributed by atoms with E-state index in [1.807, 2.05) is 37.7 Å². The number of nitrogens with zero attached hydrogens (tertiary/aromatic N) is 2. The zero-order valence-corrected chi connectivity index (χ0v) is 14.0. The van der Waals surface area contributed by atoms with Gasteiger partial charge in [-0.1, -0.05) is 6.07 Å². The van der Waals surface area contributed by atoms with Gasteiger partial charge in [0, 0.05) is 11.8 Å². The highest BCUT2D eigenvalue weighted by molar-refractivity contribution is 7.98. The van der Waals surface area contributed by atoms with Crippen LogP contribution in [0.2, 0.25) is 0 Å². The van der Waals surface area contributed by atoms with Crippen molar-refractivity contribution in [1.82, 2.24) is 9.55 Å². The second-order valence-corrected chi connectivity index (χ2v) is 6.30. The van der Waals surface area contributed by atoms with Crippen molar-refractivity contribution >= 4 is 34.4 Å². The van der Waals surface area contributed by atoms with Crippen molar-refractivity contribution in [3.63, 3.8) is 0 Å². The summed E-state index contributed by atoms with van der Waals surface area (Å²) in [5.74, 6) is 3.18. The smallest absolute Gasteiger partial charge is 0.147 e. The van der Waals surface area contributed by atoms with E-state index in [0.29, 0.717) is 11.9 Å². The molecule has 2 aromatic rings. The summed E-state index contributed by atoms with van der Waals surface area (Å²) in [6.45, 7) is 6.24. The van der Waals surface area contributed by atoms with Crippen LogP contribution in [0.4, 0.5) is 0 Å². The summed E-state index contributed by atoms with van der Waals surface area (Å²) in [4.78, 5) is 4.68. The second-order valence-electron chi connectivity index (χ2n) is 5.13. The van der Waals surface area contributed by atoms with E-state index in [9.17, 15) is 0 Å². The molecule has 20 heavy (non-hydrogen) atoms. The Balaban J connectivity index is 2.56. The normalized spacial score (nSPS) is 13.1. The number of thioether (sulfide) groups is 1. The van der Waals surface area contributed by atoms with Gasteiger partial charge in [0.05, 0.1) is 17.5 Å². The standard InChI is InChI=1S/C15H21ClN2OS/c1-10(2)19-13-7-5-6-12-15(13)17-14(8-16)18(12)11(3)9-20-4/h5-7,10-11H,8-9H2,1-4H3. The molecule has 0 saturated carbocycles. The molecule has 110 valence electrons. The minimum Gasteiger partial charge on any atom is -0.489 e. The first kappa shape index (κ1) is 15.5. The molecule has 5 heteroatoms. The van der Waals surface area contributed by atoms with E-state index in [-0.39, 0.29) is 6.10 Å². The first-order valence-corrected chi connectivity index (χ1v) is 8.72. The maximum absolute atomic E-state index is 6.07. The van der Waals surface area contributed by atoms with E-state index in [1.54, 1.807) is 0 Å². The maximum atomic E-state index is 6.07. The minimum atomic E-state index is 0.133. The van der Waals surface area contributed by atoms with Crippen molar-refractivity contribution < 1.29 is 4.74 Å². The van der Waals surface area contributed by atoms with Gasteiger partial charge >= 0.3 is 0 Å². The molecule has 1 atom stereocenters. The van der Waals surface area contributed by atoms with Crippen molar-refractivity contribution in [2.75, 3.05) is 12.0 Å². The first-order valence-electron chi connectivity index (χ1n) is 6.79. The predicted octanol–water partition coefficient (Wildman–Crippen LogP) is 4.49. The number of hydrogen-bond donors (Lipinski definition) is 0. The Hall–Kier alpha value is -0.870. The molecule has 0 aliphatic rings. The van der Waals surface area contributed by atoms with Crippen LogP contribution in [0.1, 0.15) is 32.6 Å². The van der Waals surface area contributed by atoms with Crippen LogP contribution in [0.25, 0.3) is 11.0 Å².